The molecule has 5 aromatic rings. The number of hydrogen-bond acceptors (Lipinski definition) is 7. The Balaban J connectivity index is 1.09. The molecule has 0 saturated heterocycles. The molecule has 256 valence electrons. The first-order valence-corrected chi connectivity index (χ1v) is 16.7. The monoisotopic (exact) mass is 670 g/mol. The SMILES string of the molecule is CC(C)(Cc1ccc(Oc2ccc(C(N)=O)cn2)cc1)NC[C@H](O)COc1cccc2c1C(Cc1ccccc1)(Cc1ccccc1)C(=O)N2. The lowest BCUT2D eigenvalue weighted by atomic mass is 9.72. The quantitative estimate of drug-likeness (QED) is 0.107. The zero-order chi connectivity index (χ0) is 35.1. The van der Waals surface area contributed by atoms with Crippen LogP contribution in [0.3, 0.4) is 0 Å². The number of aliphatic hydroxyl groups excluding tert-OH is 1. The molecule has 6 rings (SSSR count). The van der Waals surface area contributed by atoms with E-state index in [1.165, 1.54) is 6.20 Å². The van der Waals surface area contributed by atoms with Gasteiger partial charge in [-0.1, -0.05) is 78.9 Å². The number of benzene rings is 4. The minimum Gasteiger partial charge on any atom is -0.490 e. The number of fused-ring (bicyclic) bond motifs is 1. The summed E-state index contributed by atoms with van der Waals surface area (Å²) in [6.07, 6.45) is 2.31. The predicted molar refractivity (Wildman–Crippen MR) is 194 cm³/mol. The second kappa shape index (κ2) is 14.9. The van der Waals surface area contributed by atoms with Crippen molar-refractivity contribution in [1.82, 2.24) is 10.3 Å². The molecule has 0 radical (unpaired) electrons. The third-order valence-electron chi connectivity index (χ3n) is 8.95. The summed E-state index contributed by atoms with van der Waals surface area (Å²) in [7, 11) is 0. The Morgan fingerprint density at radius 1 is 0.880 bits per heavy atom. The van der Waals surface area contributed by atoms with Crippen molar-refractivity contribution in [3.63, 3.8) is 0 Å². The Hall–Kier alpha value is -5.51. The zero-order valence-electron chi connectivity index (χ0n) is 28.3. The van der Waals surface area contributed by atoms with Gasteiger partial charge in [0.05, 0.1) is 11.0 Å². The summed E-state index contributed by atoms with van der Waals surface area (Å²) in [5.74, 6) is 0.969. The topological polar surface area (TPSA) is 136 Å². The van der Waals surface area contributed by atoms with Crippen molar-refractivity contribution in [1.29, 1.82) is 0 Å². The highest BCUT2D eigenvalue weighted by atomic mass is 16.5. The zero-order valence-corrected chi connectivity index (χ0v) is 28.3. The highest BCUT2D eigenvalue weighted by Crippen LogP contribution is 2.47. The normalized spacial score (nSPS) is 14.0. The maximum Gasteiger partial charge on any atom is 0.250 e. The molecule has 1 aromatic heterocycles. The average Bonchev–Trinajstić information content (AvgIpc) is 3.38. The van der Waals surface area contributed by atoms with E-state index >= 15 is 0 Å². The molecule has 2 amide bonds. The van der Waals surface area contributed by atoms with E-state index in [2.05, 4.69) is 29.5 Å². The van der Waals surface area contributed by atoms with Gasteiger partial charge in [-0.3, -0.25) is 9.59 Å². The van der Waals surface area contributed by atoms with Gasteiger partial charge in [-0.2, -0.15) is 0 Å². The number of primary amides is 1. The maximum atomic E-state index is 13.9. The molecule has 0 unspecified atom stereocenters. The summed E-state index contributed by atoms with van der Waals surface area (Å²) in [5.41, 5.74) is 9.14. The van der Waals surface area contributed by atoms with Crippen LogP contribution in [0.5, 0.6) is 17.4 Å². The Labute approximate surface area is 292 Å². The van der Waals surface area contributed by atoms with Crippen LogP contribution in [0.25, 0.3) is 0 Å². The van der Waals surface area contributed by atoms with Crippen LogP contribution >= 0.6 is 0 Å². The third-order valence-corrected chi connectivity index (χ3v) is 8.95. The molecule has 50 heavy (non-hydrogen) atoms. The van der Waals surface area contributed by atoms with E-state index in [0.29, 0.717) is 48.7 Å². The highest BCUT2D eigenvalue weighted by Gasteiger charge is 2.49. The minimum absolute atomic E-state index is 0.0565. The first kappa shape index (κ1) is 34.4. The van der Waals surface area contributed by atoms with Crippen molar-refractivity contribution in [3.05, 3.63) is 149 Å². The lowest BCUT2D eigenvalue weighted by molar-refractivity contribution is -0.120. The fourth-order valence-electron chi connectivity index (χ4n) is 6.49. The molecule has 9 heteroatoms. The molecule has 0 saturated carbocycles. The van der Waals surface area contributed by atoms with E-state index < -0.39 is 17.4 Å². The van der Waals surface area contributed by atoms with Crippen LogP contribution in [0, 0.1) is 0 Å². The van der Waals surface area contributed by atoms with Crippen molar-refractivity contribution in [2.24, 2.45) is 5.73 Å². The van der Waals surface area contributed by atoms with E-state index in [9.17, 15) is 14.7 Å². The first-order chi connectivity index (χ1) is 24.1. The second-order valence-electron chi connectivity index (χ2n) is 13.4. The van der Waals surface area contributed by atoms with Gasteiger partial charge in [0, 0.05) is 35.6 Å². The number of nitrogens with one attached hydrogen (secondary N) is 2. The number of nitrogens with two attached hydrogens (primary N) is 1. The summed E-state index contributed by atoms with van der Waals surface area (Å²) in [4.78, 5) is 29.3. The summed E-state index contributed by atoms with van der Waals surface area (Å²) < 4.78 is 12.1. The van der Waals surface area contributed by atoms with E-state index in [1.54, 1.807) is 12.1 Å². The van der Waals surface area contributed by atoms with Gasteiger partial charge in [0.15, 0.2) is 0 Å². The summed E-state index contributed by atoms with van der Waals surface area (Å²) in [5, 5.41) is 17.7. The number of aromatic nitrogens is 1. The fourth-order valence-corrected chi connectivity index (χ4v) is 6.49. The maximum absolute atomic E-state index is 13.9. The molecule has 1 aliphatic heterocycles. The first-order valence-electron chi connectivity index (χ1n) is 16.7. The number of ether oxygens (including phenoxy) is 2. The average molecular weight is 671 g/mol. The lowest BCUT2D eigenvalue weighted by Crippen LogP contribution is -2.46. The Bertz CT molecular complexity index is 1870. The van der Waals surface area contributed by atoms with Crippen LogP contribution in [0.1, 0.15) is 46.5 Å². The van der Waals surface area contributed by atoms with Crippen molar-refractivity contribution < 1.29 is 24.2 Å². The van der Waals surface area contributed by atoms with Crippen LogP contribution in [0.2, 0.25) is 0 Å². The largest absolute Gasteiger partial charge is 0.490 e. The summed E-state index contributed by atoms with van der Waals surface area (Å²) in [6, 6.07) is 36.6. The van der Waals surface area contributed by atoms with Crippen LogP contribution in [0.4, 0.5) is 5.69 Å². The number of aliphatic hydroxyl groups is 1. The molecule has 9 nitrogen and oxygen atoms in total. The van der Waals surface area contributed by atoms with Gasteiger partial charge < -0.3 is 30.9 Å². The van der Waals surface area contributed by atoms with Crippen molar-refractivity contribution in [2.75, 3.05) is 18.5 Å². The predicted octanol–water partition coefficient (Wildman–Crippen LogP) is 6.00. The van der Waals surface area contributed by atoms with Crippen molar-refractivity contribution in [3.8, 4) is 17.4 Å². The van der Waals surface area contributed by atoms with E-state index in [0.717, 1.165) is 27.9 Å². The molecule has 0 spiro atoms. The number of pyridine rings is 1. The Kier molecular flexibility index (Phi) is 10.3. The Morgan fingerprint density at radius 3 is 2.14 bits per heavy atom. The van der Waals surface area contributed by atoms with Gasteiger partial charge >= 0.3 is 0 Å². The Morgan fingerprint density at radius 2 is 1.54 bits per heavy atom. The van der Waals surface area contributed by atoms with E-state index in [1.807, 2.05) is 103 Å². The highest BCUT2D eigenvalue weighted by molar-refractivity contribution is 6.07. The molecule has 0 fully saturated rings. The minimum atomic E-state index is -0.882. The van der Waals surface area contributed by atoms with Crippen molar-refractivity contribution >= 4 is 17.5 Å². The number of carbonyl (C=O) groups is 2. The standard InChI is InChI=1S/C41H42N4O5/c1-40(2,22-30-16-19-33(20-17-30)50-36-21-18-31(25-43-36)38(42)47)44-26-32(46)27-49-35-15-9-14-34-37(35)41(39(48)45-34,23-28-10-5-3-6-11-28)24-29-12-7-4-8-13-29/h3-21,25,32,44,46H,22-24,26-27H2,1-2H3,(H2,42,47)(H,45,48)/t32-/m0/s1. The number of rotatable bonds is 15. The van der Waals surface area contributed by atoms with Gasteiger partial charge in [-0.15, -0.1) is 0 Å². The molecular formula is C41H42N4O5. The van der Waals surface area contributed by atoms with E-state index in [-0.39, 0.29) is 18.1 Å². The number of nitrogens with zero attached hydrogens (tertiary/aromatic N) is 1. The summed E-state index contributed by atoms with van der Waals surface area (Å²) >= 11 is 0. The smallest absolute Gasteiger partial charge is 0.250 e. The number of hydrogen-bond donors (Lipinski definition) is 4. The second-order valence-corrected chi connectivity index (χ2v) is 13.4. The fraction of sp³-hybridized carbons (Fsp3) is 0.244. The van der Waals surface area contributed by atoms with Gasteiger partial charge in [0.1, 0.15) is 24.2 Å². The number of amides is 2. The van der Waals surface area contributed by atoms with E-state index in [4.69, 9.17) is 15.2 Å². The molecule has 1 atom stereocenters. The van der Waals surface area contributed by atoms with Gasteiger partial charge in [-0.05, 0) is 80.1 Å². The molecule has 1 aliphatic rings. The third kappa shape index (κ3) is 8.19. The lowest BCUT2D eigenvalue weighted by Gasteiger charge is -2.30. The van der Waals surface area contributed by atoms with Crippen LogP contribution < -0.4 is 25.8 Å². The number of anilines is 1. The molecule has 0 aliphatic carbocycles. The van der Waals surface area contributed by atoms with Crippen LogP contribution in [0.15, 0.2) is 121 Å². The molecule has 2 heterocycles. The molecular weight excluding hydrogens is 628 g/mol. The van der Waals surface area contributed by atoms with Gasteiger partial charge in [0.25, 0.3) is 0 Å². The molecule has 5 N–H and O–H groups in total. The van der Waals surface area contributed by atoms with Gasteiger partial charge in [0.2, 0.25) is 17.7 Å². The number of β-amino-alcohol motifs (C(OH)–C–C–N with tert-alkyl or cyclic N) is 1. The van der Waals surface area contributed by atoms with Crippen LogP contribution in [-0.4, -0.2) is 46.7 Å². The summed E-state index contributed by atoms with van der Waals surface area (Å²) in [6.45, 7) is 4.53. The molecule has 0 bridgehead atoms. The molecule has 4 aromatic carbocycles. The van der Waals surface area contributed by atoms with Gasteiger partial charge in [-0.25, -0.2) is 4.98 Å². The van der Waals surface area contributed by atoms with Crippen LogP contribution in [-0.2, 0) is 29.5 Å². The number of carbonyl (C=O) groups excluding carboxylic acids is 2. The van der Waals surface area contributed by atoms with Crippen molar-refractivity contribution in [2.45, 2.75) is 50.2 Å².